The Labute approximate surface area is 191 Å². The van der Waals surface area contributed by atoms with E-state index in [0.29, 0.717) is 43.1 Å². The van der Waals surface area contributed by atoms with Crippen molar-refractivity contribution in [3.8, 4) is 5.75 Å². The Morgan fingerprint density at radius 1 is 1.03 bits per heavy atom. The monoisotopic (exact) mass is 456 g/mol. The quantitative estimate of drug-likeness (QED) is 0.429. The number of rotatable bonds is 10. The van der Waals surface area contributed by atoms with Crippen LogP contribution in [0, 0.1) is 0 Å². The van der Waals surface area contributed by atoms with Crippen molar-refractivity contribution in [3.05, 3.63) is 87.1 Å². The van der Waals surface area contributed by atoms with Crippen LogP contribution in [-0.2, 0) is 17.9 Å². The minimum Gasteiger partial charge on any atom is -0.496 e. The van der Waals surface area contributed by atoms with Gasteiger partial charge in [0.1, 0.15) is 5.75 Å². The van der Waals surface area contributed by atoms with Gasteiger partial charge < -0.3 is 15.0 Å². The van der Waals surface area contributed by atoms with Crippen LogP contribution in [0.25, 0.3) is 0 Å². The molecular formula is C24H25ClN2O3S. The van der Waals surface area contributed by atoms with Crippen molar-refractivity contribution in [2.24, 2.45) is 0 Å². The summed E-state index contributed by atoms with van der Waals surface area (Å²) in [4.78, 5) is 28.1. The van der Waals surface area contributed by atoms with Gasteiger partial charge in [-0.05, 0) is 48.2 Å². The van der Waals surface area contributed by atoms with Crippen molar-refractivity contribution >= 4 is 34.8 Å². The predicted octanol–water partition coefficient (Wildman–Crippen LogP) is 5.15. The van der Waals surface area contributed by atoms with E-state index in [4.69, 9.17) is 16.3 Å². The Balaban J connectivity index is 1.56. The molecule has 31 heavy (non-hydrogen) atoms. The second kappa shape index (κ2) is 11.5. The van der Waals surface area contributed by atoms with E-state index in [2.05, 4.69) is 5.32 Å². The number of hydrogen-bond acceptors (Lipinski definition) is 4. The van der Waals surface area contributed by atoms with Crippen molar-refractivity contribution in [2.75, 3.05) is 13.7 Å². The van der Waals surface area contributed by atoms with Gasteiger partial charge in [0.05, 0.1) is 13.7 Å². The third-order valence-electron chi connectivity index (χ3n) is 4.79. The molecule has 0 saturated heterocycles. The molecule has 1 heterocycles. The van der Waals surface area contributed by atoms with Crippen LogP contribution in [0.5, 0.6) is 5.75 Å². The largest absolute Gasteiger partial charge is 0.496 e. The molecule has 0 atom stereocenters. The smallest absolute Gasteiger partial charge is 0.251 e. The first-order valence-corrected chi connectivity index (χ1v) is 11.3. The van der Waals surface area contributed by atoms with E-state index in [0.717, 1.165) is 16.2 Å². The highest BCUT2D eigenvalue weighted by Gasteiger charge is 2.17. The molecule has 0 aliphatic carbocycles. The number of halogens is 1. The van der Waals surface area contributed by atoms with Gasteiger partial charge in [-0.1, -0.05) is 35.9 Å². The number of benzene rings is 2. The summed E-state index contributed by atoms with van der Waals surface area (Å²) < 4.78 is 5.44. The number of hydrogen-bond donors (Lipinski definition) is 1. The molecule has 0 fully saturated rings. The lowest BCUT2D eigenvalue weighted by atomic mass is 10.1. The maximum absolute atomic E-state index is 13.0. The van der Waals surface area contributed by atoms with Crippen LogP contribution in [0.1, 0.15) is 33.6 Å². The maximum atomic E-state index is 13.0. The van der Waals surface area contributed by atoms with E-state index in [-0.39, 0.29) is 11.8 Å². The Bertz CT molecular complexity index is 990. The van der Waals surface area contributed by atoms with Crippen LogP contribution in [-0.4, -0.2) is 30.4 Å². The third-order valence-corrected chi connectivity index (χ3v) is 5.91. The number of methoxy groups -OCH3 is 1. The summed E-state index contributed by atoms with van der Waals surface area (Å²) in [6.45, 7) is 1.44. The first-order chi connectivity index (χ1) is 15.1. The number of para-hydroxylation sites is 1. The molecular weight excluding hydrogens is 432 g/mol. The summed E-state index contributed by atoms with van der Waals surface area (Å²) in [7, 11) is 1.63. The molecule has 3 rings (SSSR count). The number of nitrogens with one attached hydrogen (secondary N) is 1. The van der Waals surface area contributed by atoms with Crippen LogP contribution in [0.4, 0.5) is 0 Å². The van der Waals surface area contributed by atoms with Crippen LogP contribution < -0.4 is 10.1 Å². The van der Waals surface area contributed by atoms with Gasteiger partial charge in [0.2, 0.25) is 5.91 Å². The van der Waals surface area contributed by atoms with E-state index in [1.165, 1.54) is 0 Å². The van der Waals surface area contributed by atoms with Crippen LogP contribution in [0.3, 0.4) is 0 Å². The van der Waals surface area contributed by atoms with Crippen LogP contribution in [0.15, 0.2) is 66.0 Å². The van der Waals surface area contributed by atoms with Gasteiger partial charge in [0.15, 0.2) is 0 Å². The Morgan fingerprint density at radius 3 is 2.52 bits per heavy atom. The number of ether oxygens (including phenoxy) is 1. The fraction of sp³-hybridized carbons (Fsp3) is 0.250. The average molecular weight is 457 g/mol. The lowest BCUT2D eigenvalue weighted by molar-refractivity contribution is -0.132. The molecule has 5 nitrogen and oxygen atoms in total. The SMILES string of the molecule is COc1ccccc1CN(Cc1cccs1)C(=O)CCCNC(=O)c1ccc(Cl)cc1. The summed E-state index contributed by atoms with van der Waals surface area (Å²) in [5, 5.41) is 5.45. The molecule has 0 radical (unpaired) electrons. The topological polar surface area (TPSA) is 58.6 Å². The van der Waals surface area contributed by atoms with Crippen LogP contribution in [0.2, 0.25) is 5.02 Å². The molecule has 2 amide bonds. The van der Waals surface area contributed by atoms with Crippen LogP contribution >= 0.6 is 22.9 Å². The summed E-state index contributed by atoms with van der Waals surface area (Å²) in [5.41, 5.74) is 1.51. The molecule has 3 aromatic rings. The van der Waals surface area contributed by atoms with Gasteiger partial charge in [0.25, 0.3) is 5.91 Å². The Hall–Kier alpha value is -2.83. The van der Waals surface area contributed by atoms with E-state index >= 15 is 0 Å². The first-order valence-electron chi connectivity index (χ1n) is 10.0. The zero-order chi connectivity index (χ0) is 22.1. The molecule has 0 spiro atoms. The Morgan fingerprint density at radius 2 is 1.81 bits per heavy atom. The zero-order valence-electron chi connectivity index (χ0n) is 17.3. The minimum absolute atomic E-state index is 0.0417. The van der Waals surface area contributed by atoms with E-state index in [1.807, 2.05) is 46.7 Å². The van der Waals surface area contributed by atoms with E-state index in [9.17, 15) is 9.59 Å². The number of thiophene rings is 1. The minimum atomic E-state index is -0.173. The Kier molecular flexibility index (Phi) is 8.50. The van der Waals surface area contributed by atoms with Gasteiger partial charge in [-0.25, -0.2) is 0 Å². The molecule has 1 N–H and O–H groups in total. The molecule has 0 unspecified atom stereocenters. The van der Waals surface area contributed by atoms with E-state index in [1.54, 1.807) is 42.7 Å². The average Bonchev–Trinajstić information content (AvgIpc) is 3.30. The van der Waals surface area contributed by atoms with Gasteiger partial charge in [0, 0.05) is 40.5 Å². The summed E-state index contributed by atoms with van der Waals surface area (Å²) in [6, 6.07) is 18.5. The first kappa shape index (κ1) is 22.8. The summed E-state index contributed by atoms with van der Waals surface area (Å²) >= 11 is 7.48. The number of carbonyl (C=O) groups excluding carboxylic acids is 2. The maximum Gasteiger partial charge on any atom is 0.251 e. The van der Waals surface area contributed by atoms with Gasteiger partial charge in [-0.3, -0.25) is 9.59 Å². The van der Waals surface area contributed by atoms with Crippen molar-refractivity contribution in [1.29, 1.82) is 0 Å². The fourth-order valence-corrected chi connectivity index (χ4v) is 4.01. The van der Waals surface area contributed by atoms with Crippen molar-refractivity contribution < 1.29 is 14.3 Å². The highest BCUT2D eigenvalue weighted by Crippen LogP contribution is 2.22. The summed E-state index contributed by atoms with van der Waals surface area (Å²) in [6.07, 6.45) is 0.909. The third kappa shape index (κ3) is 6.84. The molecule has 162 valence electrons. The molecule has 0 bridgehead atoms. The highest BCUT2D eigenvalue weighted by atomic mass is 35.5. The lowest BCUT2D eigenvalue weighted by Crippen LogP contribution is -2.31. The lowest BCUT2D eigenvalue weighted by Gasteiger charge is -2.23. The summed E-state index contributed by atoms with van der Waals surface area (Å²) in [5.74, 6) is 0.635. The molecule has 0 saturated carbocycles. The van der Waals surface area contributed by atoms with Gasteiger partial charge in [-0.15, -0.1) is 11.3 Å². The van der Waals surface area contributed by atoms with Gasteiger partial charge in [-0.2, -0.15) is 0 Å². The molecule has 0 aliphatic heterocycles. The van der Waals surface area contributed by atoms with Crippen molar-refractivity contribution in [2.45, 2.75) is 25.9 Å². The molecule has 0 aliphatic rings. The molecule has 2 aromatic carbocycles. The number of carbonyl (C=O) groups is 2. The normalized spacial score (nSPS) is 10.5. The van der Waals surface area contributed by atoms with Gasteiger partial charge >= 0.3 is 0 Å². The number of nitrogens with zero attached hydrogens (tertiary/aromatic N) is 1. The zero-order valence-corrected chi connectivity index (χ0v) is 18.9. The van der Waals surface area contributed by atoms with Crippen molar-refractivity contribution in [1.82, 2.24) is 10.2 Å². The second-order valence-electron chi connectivity index (χ2n) is 7.01. The van der Waals surface area contributed by atoms with E-state index < -0.39 is 0 Å². The number of amides is 2. The molecule has 1 aromatic heterocycles. The fourth-order valence-electron chi connectivity index (χ4n) is 3.17. The highest BCUT2D eigenvalue weighted by molar-refractivity contribution is 7.09. The second-order valence-corrected chi connectivity index (χ2v) is 8.48. The molecule has 7 heteroatoms. The standard InChI is InChI=1S/C24H25ClN2O3S/c1-30-22-8-3-2-6-19(22)16-27(17-21-7-5-15-31-21)23(28)9-4-14-26-24(29)18-10-12-20(25)13-11-18/h2-3,5-8,10-13,15H,4,9,14,16-17H2,1H3,(H,26,29). The van der Waals surface area contributed by atoms with Crippen molar-refractivity contribution in [3.63, 3.8) is 0 Å². The predicted molar refractivity (Wildman–Crippen MR) is 125 cm³/mol.